The molecule has 0 heterocycles. The van der Waals surface area contributed by atoms with Gasteiger partial charge >= 0.3 is 5.97 Å². The van der Waals surface area contributed by atoms with E-state index in [-0.39, 0.29) is 17.7 Å². The van der Waals surface area contributed by atoms with Gasteiger partial charge in [0.05, 0.1) is 10.6 Å². The number of carboxylic acids is 1. The van der Waals surface area contributed by atoms with E-state index in [1.807, 2.05) is 0 Å². The molecular formula is C22H18Cl2FNO3. The van der Waals surface area contributed by atoms with Gasteiger partial charge in [0.25, 0.3) is 0 Å². The minimum atomic E-state index is -0.986. The summed E-state index contributed by atoms with van der Waals surface area (Å²) >= 11 is 12.2. The molecule has 150 valence electrons. The van der Waals surface area contributed by atoms with E-state index in [1.165, 1.54) is 12.1 Å². The van der Waals surface area contributed by atoms with Crippen LogP contribution in [0.3, 0.4) is 0 Å². The van der Waals surface area contributed by atoms with Crippen molar-refractivity contribution < 1.29 is 19.0 Å². The Kier molecular flexibility index (Phi) is 6.62. The van der Waals surface area contributed by atoms with Gasteiger partial charge in [-0.1, -0.05) is 35.3 Å². The smallest absolute Gasteiger partial charge is 0.336 e. The molecule has 0 aliphatic rings. The maximum Gasteiger partial charge on any atom is 0.336 e. The van der Waals surface area contributed by atoms with Gasteiger partial charge in [0.1, 0.15) is 18.2 Å². The second-order valence-corrected chi connectivity index (χ2v) is 7.22. The molecule has 0 unspecified atom stereocenters. The number of ether oxygens (including phenoxy) is 1. The van der Waals surface area contributed by atoms with Gasteiger partial charge in [-0.05, 0) is 55.0 Å². The van der Waals surface area contributed by atoms with Crippen LogP contribution in [0.15, 0.2) is 54.6 Å². The molecule has 3 aromatic carbocycles. The normalized spacial score (nSPS) is 10.6. The summed E-state index contributed by atoms with van der Waals surface area (Å²) in [6.45, 7) is 2.04. The molecule has 0 amide bonds. The first-order valence-corrected chi connectivity index (χ1v) is 9.53. The molecule has 0 aliphatic carbocycles. The number of aromatic carboxylic acids is 1. The molecule has 4 nitrogen and oxygen atoms in total. The van der Waals surface area contributed by atoms with Gasteiger partial charge in [-0.2, -0.15) is 0 Å². The van der Waals surface area contributed by atoms with Crippen molar-refractivity contribution in [3.05, 3.63) is 92.7 Å². The van der Waals surface area contributed by atoms with E-state index in [2.05, 4.69) is 5.32 Å². The zero-order chi connectivity index (χ0) is 21.0. The van der Waals surface area contributed by atoms with E-state index in [9.17, 15) is 14.3 Å². The number of benzene rings is 3. The standard InChI is InChI=1S/C22H18Cl2FNO3/c1-13-16(22(27)28)4-2-7-20(13)26-11-14-10-15(23)8-9-21(14)29-12-17-18(24)5-3-6-19(17)25/h2-10,26H,11-12H2,1H3,(H,27,28). The molecule has 0 spiro atoms. The fraction of sp³-hybridized carbons (Fsp3) is 0.136. The lowest BCUT2D eigenvalue weighted by Gasteiger charge is -2.16. The highest BCUT2D eigenvalue weighted by molar-refractivity contribution is 6.31. The Hall–Kier alpha value is -2.76. The summed E-state index contributed by atoms with van der Waals surface area (Å²) in [4.78, 5) is 11.3. The summed E-state index contributed by atoms with van der Waals surface area (Å²) in [5.41, 5.74) is 2.56. The average molecular weight is 434 g/mol. The SMILES string of the molecule is Cc1c(NCc2cc(Cl)ccc2OCc2c(F)cccc2Cl)cccc1C(=O)O. The predicted octanol–water partition coefficient (Wildman–Crippen LogP) is 6.33. The maximum absolute atomic E-state index is 14.0. The van der Waals surface area contributed by atoms with Crippen molar-refractivity contribution >= 4 is 34.9 Å². The fourth-order valence-corrected chi connectivity index (χ4v) is 3.31. The number of halogens is 3. The predicted molar refractivity (Wildman–Crippen MR) is 113 cm³/mol. The van der Waals surface area contributed by atoms with E-state index in [0.717, 1.165) is 5.56 Å². The van der Waals surface area contributed by atoms with E-state index in [1.54, 1.807) is 49.4 Å². The van der Waals surface area contributed by atoms with Crippen molar-refractivity contribution in [2.24, 2.45) is 0 Å². The first-order valence-electron chi connectivity index (χ1n) is 8.77. The summed E-state index contributed by atoms with van der Waals surface area (Å²) in [6.07, 6.45) is 0. The Labute approximate surface area is 177 Å². The lowest BCUT2D eigenvalue weighted by molar-refractivity contribution is 0.0696. The van der Waals surface area contributed by atoms with E-state index in [4.69, 9.17) is 27.9 Å². The number of carbonyl (C=O) groups is 1. The van der Waals surface area contributed by atoms with Crippen LogP contribution in [0.1, 0.15) is 27.0 Å². The molecule has 0 aliphatic heterocycles. The number of hydrogen-bond donors (Lipinski definition) is 2. The van der Waals surface area contributed by atoms with Gasteiger partial charge in [-0.3, -0.25) is 0 Å². The van der Waals surface area contributed by atoms with Crippen molar-refractivity contribution in [1.29, 1.82) is 0 Å². The molecule has 7 heteroatoms. The highest BCUT2D eigenvalue weighted by atomic mass is 35.5. The number of carboxylic acid groups (broad SMARTS) is 1. The Morgan fingerprint density at radius 3 is 2.62 bits per heavy atom. The second-order valence-electron chi connectivity index (χ2n) is 6.38. The zero-order valence-electron chi connectivity index (χ0n) is 15.5. The van der Waals surface area contributed by atoms with Crippen LogP contribution in [0.4, 0.5) is 10.1 Å². The Morgan fingerprint density at radius 1 is 1.14 bits per heavy atom. The zero-order valence-corrected chi connectivity index (χ0v) is 17.0. The van der Waals surface area contributed by atoms with E-state index >= 15 is 0 Å². The van der Waals surface area contributed by atoms with Gasteiger partial charge in [0.2, 0.25) is 0 Å². The van der Waals surface area contributed by atoms with Crippen LogP contribution in [0.2, 0.25) is 10.0 Å². The minimum Gasteiger partial charge on any atom is -0.488 e. The Bertz CT molecular complexity index is 1040. The summed E-state index contributed by atoms with van der Waals surface area (Å²) in [5.74, 6) is -0.903. The molecule has 0 fully saturated rings. The lowest BCUT2D eigenvalue weighted by atomic mass is 10.1. The average Bonchev–Trinajstić information content (AvgIpc) is 2.67. The number of nitrogens with one attached hydrogen (secondary N) is 1. The van der Waals surface area contributed by atoms with Gasteiger partial charge in [0, 0.05) is 28.4 Å². The minimum absolute atomic E-state index is 0.0341. The van der Waals surface area contributed by atoms with Crippen LogP contribution in [0.25, 0.3) is 0 Å². The molecule has 0 radical (unpaired) electrons. The molecule has 0 aromatic heterocycles. The van der Waals surface area contributed by atoms with Crippen LogP contribution in [-0.2, 0) is 13.2 Å². The summed E-state index contributed by atoms with van der Waals surface area (Å²) in [5, 5.41) is 13.3. The molecule has 3 aromatic rings. The first kappa shape index (κ1) is 21.0. The van der Waals surface area contributed by atoms with Crippen LogP contribution >= 0.6 is 23.2 Å². The van der Waals surface area contributed by atoms with E-state index in [0.29, 0.717) is 33.6 Å². The van der Waals surface area contributed by atoms with Crippen LogP contribution in [-0.4, -0.2) is 11.1 Å². The van der Waals surface area contributed by atoms with Crippen molar-refractivity contribution in [2.75, 3.05) is 5.32 Å². The van der Waals surface area contributed by atoms with Crippen molar-refractivity contribution in [3.63, 3.8) is 0 Å². The summed E-state index contributed by atoms with van der Waals surface area (Å²) < 4.78 is 19.8. The molecular weight excluding hydrogens is 416 g/mol. The number of rotatable bonds is 7. The molecule has 0 bridgehead atoms. The topological polar surface area (TPSA) is 58.6 Å². The highest BCUT2D eigenvalue weighted by Gasteiger charge is 2.13. The second kappa shape index (κ2) is 9.16. The molecule has 0 atom stereocenters. The largest absolute Gasteiger partial charge is 0.488 e. The van der Waals surface area contributed by atoms with Crippen LogP contribution in [0, 0.1) is 12.7 Å². The van der Waals surface area contributed by atoms with Gasteiger partial charge in [-0.15, -0.1) is 0 Å². The Balaban J connectivity index is 1.79. The third kappa shape index (κ3) is 5.00. The van der Waals surface area contributed by atoms with E-state index < -0.39 is 11.8 Å². The number of anilines is 1. The van der Waals surface area contributed by atoms with Gasteiger partial charge in [0.15, 0.2) is 0 Å². The van der Waals surface area contributed by atoms with Gasteiger partial charge < -0.3 is 15.2 Å². The van der Waals surface area contributed by atoms with Crippen molar-refractivity contribution in [1.82, 2.24) is 0 Å². The van der Waals surface area contributed by atoms with Gasteiger partial charge in [-0.25, -0.2) is 9.18 Å². The maximum atomic E-state index is 14.0. The molecule has 2 N–H and O–H groups in total. The molecule has 0 saturated carbocycles. The molecule has 29 heavy (non-hydrogen) atoms. The number of hydrogen-bond acceptors (Lipinski definition) is 3. The first-order chi connectivity index (χ1) is 13.9. The van der Waals surface area contributed by atoms with Crippen LogP contribution in [0.5, 0.6) is 5.75 Å². The fourth-order valence-electron chi connectivity index (χ4n) is 2.90. The highest BCUT2D eigenvalue weighted by Crippen LogP contribution is 2.28. The Morgan fingerprint density at radius 2 is 1.90 bits per heavy atom. The molecule has 0 saturated heterocycles. The molecule has 3 rings (SSSR count). The third-order valence-corrected chi connectivity index (χ3v) is 5.08. The lowest BCUT2D eigenvalue weighted by Crippen LogP contribution is -2.07. The summed E-state index contributed by atoms with van der Waals surface area (Å²) in [7, 11) is 0. The monoisotopic (exact) mass is 433 g/mol. The third-order valence-electron chi connectivity index (χ3n) is 4.49. The summed E-state index contributed by atoms with van der Waals surface area (Å²) in [6, 6.07) is 14.6. The quantitative estimate of drug-likeness (QED) is 0.456. The van der Waals surface area contributed by atoms with Crippen LogP contribution < -0.4 is 10.1 Å². The van der Waals surface area contributed by atoms with Crippen molar-refractivity contribution in [3.8, 4) is 5.75 Å². The van der Waals surface area contributed by atoms with Crippen molar-refractivity contribution in [2.45, 2.75) is 20.1 Å².